The molecule has 130 valence electrons. The summed E-state index contributed by atoms with van der Waals surface area (Å²) in [5, 5.41) is 0. The number of rotatable bonds is 5. The first kappa shape index (κ1) is 17.0. The molecule has 0 atom stereocenters. The van der Waals surface area contributed by atoms with Gasteiger partial charge in [-0.2, -0.15) is 0 Å². The van der Waals surface area contributed by atoms with Gasteiger partial charge in [-0.1, -0.05) is 115 Å². The SMILES string of the molecule is O=C(c1ccccc1-c1ccccc1)C(c1ccccc1)c1ccccc1. The van der Waals surface area contributed by atoms with Gasteiger partial charge in [-0.05, 0) is 22.3 Å². The molecule has 27 heavy (non-hydrogen) atoms. The van der Waals surface area contributed by atoms with Crippen molar-refractivity contribution in [1.82, 2.24) is 0 Å². The van der Waals surface area contributed by atoms with Gasteiger partial charge >= 0.3 is 0 Å². The Bertz CT molecular complexity index is 982. The average molecular weight is 348 g/mol. The second kappa shape index (κ2) is 7.84. The molecule has 0 saturated heterocycles. The molecule has 0 fully saturated rings. The lowest BCUT2D eigenvalue weighted by Gasteiger charge is -2.19. The molecule has 0 aliphatic carbocycles. The van der Waals surface area contributed by atoms with E-state index in [1.54, 1.807) is 0 Å². The quantitative estimate of drug-likeness (QED) is 0.383. The maximum atomic E-state index is 13.7. The molecule has 0 saturated carbocycles. The van der Waals surface area contributed by atoms with E-state index in [1.807, 2.05) is 115 Å². The molecule has 1 heteroatoms. The maximum absolute atomic E-state index is 13.7. The van der Waals surface area contributed by atoms with Crippen LogP contribution in [0, 0.1) is 0 Å². The summed E-state index contributed by atoms with van der Waals surface area (Å²) in [6, 6.07) is 38.0. The smallest absolute Gasteiger partial charge is 0.175 e. The monoisotopic (exact) mass is 348 g/mol. The van der Waals surface area contributed by atoms with Crippen molar-refractivity contribution in [2.75, 3.05) is 0 Å². The number of carbonyl (C=O) groups excluding carboxylic acids is 1. The van der Waals surface area contributed by atoms with Gasteiger partial charge in [-0.15, -0.1) is 0 Å². The summed E-state index contributed by atoms with van der Waals surface area (Å²) in [5.74, 6) is -0.205. The summed E-state index contributed by atoms with van der Waals surface area (Å²) in [6.07, 6.45) is 0. The van der Waals surface area contributed by atoms with Crippen LogP contribution < -0.4 is 0 Å². The van der Waals surface area contributed by atoms with Gasteiger partial charge in [0.05, 0.1) is 5.92 Å². The minimum atomic E-state index is -0.322. The van der Waals surface area contributed by atoms with E-state index in [9.17, 15) is 4.79 Å². The Morgan fingerprint density at radius 1 is 0.519 bits per heavy atom. The van der Waals surface area contributed by atoms with Crippen molar-refractivity contribution in [2.24, 2.45) is 0 Å². The molecule has 0 aromatic heterocycles. The Kier molecular flexibility index (Phi) is 4.93. The number of hydrogen-bond acceptors (Lipinski definition) is 1. The zero-order valence-electron chi connectivity index (χ0n) is 15.0. The molecule has 0 spiro atoms. The van der Waals surface area contributed by atoms with E-state index in [-0.39, 0.29) is 11.7 Å². The van der Waals surface area contributed by atoms with Crippen molar-refractivity contribution in [1.29, 1.82) is 0 Å². The molecule has 4 rings (SSSR count). The second-order valence-corrected chi connectivity index (χ2v) is 6.53. The molecule has 0 unspecified atom stereocenters. The van der Waals surface area contributed by atoms with Crippen molar-refractivity contribution >= 4 is 5.78 Å². The fraction of sp³-hybridized carbons (Fsp3) is 0.0385. The van der Waals surface area contributed by atoms with Crippen molar-refractivity contribution in [3.63, 3.8) is 0 Å². The van der Waals surface area contributed by atoms with Crippen LogP contribution in [-0.4, -0.2) is 5.78 Å². The third kappa shape index (κ3) is 3.58. The molecular formula is C26H20O. The van der Waals surface area contributed by atoms with E-state index in [2.05, 4.69) is 0 Å². The summed E-state index contributed by atoms with van der Waals surface area (Å²) >= 11 is 0. The van der Waals surface area contributed by atoms with Gasteiger partial charge < -0.3 is 0 Å². The Morgan fingerprint density at radius 3 is 1.52 bits per heavy atom. The van der Waals surface area contributed by atoms with Crippen LogP contribution in [0.4, 0.5) is 0 Å². The van der Waals surface area contributed by atoms with Crippen LogP contribution in [0.1, 0.15) is 27.4 Å². The lowest BCUT2D eigenvalue weighted by Crippen LogP contribution is -2.15. The topological polar surface area (TPSA) is 17.1 Å². The van der Waals surface area contributed by atoms with Gasteiger partial charge in [-0.3, -0.25) is 4.79 Å². The van der Waals surface area contributed by atoms with E-state index in [0.29, 0.717) is 0 Å². The third-order valence-corrected chi connectivity index (χ3v) is 4.81. The van der Waals surface area contributed by atoms with Crippen LogP contribution in [-0.2, 0) is 0 Å². The molecule has 0 amide bonds. The van der Waals surface area contributed by atoms with Crippen LogP contribution >= 0.6 is 0 Å². The average Bonchev–Trinajstić information content (AvgIpc) is 2.76. The Morgan fingerprint density at radius 2 is 0.963 bits per heavy atom. The minimum Gasteiger partial charge on any atom is -0.293 e. The fourth-order valence-corrected chi connectivity index (χ4v) is 3.51. The van der Waals surface area contributed by atoms with Crippen LogP contribution in [0.25, 0.3) is 11.1 Å². The predicted octanol–water partition coefficient (Wildman–Crippen LogP) is 6.37. The molecule has 0 aliphatic rings. The second-order valence-electron chi connectivity index (χ2n) is 6.53. The van der Waals surface area contributed by atoms with Crippen molar-refractivity contribution in [2.45, 2.75) is 5.92 Å². The highest BCUT2D eigenvalue weighted by Crippen LogP contribution is 2.32. The van der Waals surface area contributed by atoms with E-state index in [4.69, 9.17) is 0 Å². The normalized spacial score (nSPS) is 10.7. The molecular weight excluding hydrogens is 328 g/mol. The first-order valence-corrected chi connectivity index (χ1v) is 9.13. The van der Waals surface area contributed by atoms with E-state index < -0.39 is 0 Å². The fourth-order valence-electron chi connectivity index (χ4n) is 3.51. The van der Waals surface area contributed by atoms with Gasteiger partial charge in [0.1, 0.15) is 0 Å². The highest BCUT2D eigenvalue weighted by atomic mass is 16.1. The van der Waals surface area contributed by atoms with E-state index in [1.165, 1.54) is 0 Å². The highest BCUT2D eigenvalue weighted by Gasteiger charge is 2.25. The molecule has 0 N–H and O–H groups in total. The highest BCUT2D eigenvalue weighted by molar-refractivity contribution is 6.07. The molecule has 4 aromatic carbocycles. The summed E-state index contributed by atoms with van der Waals surface area (Å²) in [6.45, 7) is 0. The zero-order chi connectivity index (χ0) is 18.5. The molecule has 0 bridgehead atoms. The number of benzene rings is 4. The summed E-state index contributed by atoms with van der Waals surface area (Å²) < 4.78 is 0. The van der Waals surface area contributed by atoms with E-state index >= 15 is 0 Å². The van der Waals surface area contributed by atoms with Gasteiger partial charge in [0, 0.05) is 5.56 Å². The number of ketones is 1. The van der Waals surface area contributed by atoms with Crippen molar-refractivity contribution in [3.8, 4) is 11.1 Å². The lowest BCUT2D eigenvalue weighted by molar-refractivity contribution is 0.0974. The van der Waals surface area contributed by atoms with E-state index in [0.717, 1.165) is 27.8 Å². The Hall–Kier alpha value is -3.45. The predicted molar refractivity (Wildman–Crippen MR) is 111 cm³/mol. The van der Waals surface area contributed by atoms with Gasteiger partial charge in [0.2, 0.25) is 0 Å². The van der Waals surface area contributed by atoms with Crippen molar-refractivity contribution < 1.29 is 4.79 Å². The van der Waals surface area contributed by atoms with Gasteiger partial charge in [-0.25, -0.2) is 0 Å². The standard InChI is InChI=1S/C26H20O/c27-26(24-19-11-10-18-23(24)20-12-4-1-5-13-20)25(21-14-6-2-7-15-21)22-16-8-3-9-17-22/h1-19,25H. The van der Waals surface area contributed by atoms with Crippen LogP contribution in [0.5, 0.6) is 0 Å². The zero-order valence-corrected chi connectivity index (χ0v) is 15.0. The first-order chi connectivity index (χ1) is 13.3. The summed E-state index contributed by atoms with van der Waals surface area (Å²) in [7, 11) is 0. The summed E-state index contributed by atoms with van der Waals surface area (Å²) in [4.78, 5) is 13.7. The van der Waals surface area contributed by atoms with Crippen molar-refractivity contribution in [3.05, 3.63) is 132 Å². The third-order valence-electron chi connectivity index (χ3n) is 4.81. The van der Waals surface area contributed by atoms with Gasteiger partial charge in [0.25, 0.3) is 0 Å². The molecule has 1 nitrogen and oxygen atoms in total. The summed E-state index contributed by atoms with van der Waals surface area (Å²) in [5.41, 5.74) is 4.80. The number of carbonyl (C=O) groups is 1. The Labute approximate surface area is 159 Å². The number of Topliss-reactive ketones (excluding diaryl/α,β-unsaturated/α-hetero) is 1. The molecule has 4 aromatic rings. The van der Waals surface area contributed by atoms with Crippen LogP contribution in [0.3, 0.4) is 0 Å². The first-order valence-electron chi connectivity index (χ1n) is 9.13. The maximum Gasteiger partial charge on any atom is 0.175 e. The largest absolute Gasteiger partial charge is 0.293 e. The molecule has 0 aliphatic heterocycles. The Balaban J connectivity index is 1.85. The minimum absolute atomic E-state index is 0.117. The van der Waals surface area contributed by atoms with Crippen LogP contribution in [0.15, 0.2) is 115 Å². The lowest BCUT2D eigenvalue weighted by atomic mass is 9.83. The number of hydrogen-bond donors (Lipinski definition) is 0. The van der Waals surface area contributed by atoms with Crippen LogP contribution in [0.2, 0.25) is 0 Å². The molecule has 0 radical (unpaired) electrons. The van der Waals surface area contributed by atoms with Gasteiger partial charge in [0.15, 0.2) is 5.78 Å². The molecule has 0 heterocycles.